The van der Waals surface area contributed by atoms with Gasteiger partial charge in [-0.05, 0) is 25.1 Å². The molecule has 1 amide bonds. The van der Waals surface area contributed by atoms with Crippen LogP contribution in [0, 0.1) is 0 Å². The molecule has 0 aliphatic heterocycles. The van der Waals surface area contributed by atoms with Crippen LogP contribution in [-0.2, 0) is 4.79 Å². The topological polar surface area (TPSA) is 56.1 Å². The quantitative estimate of drug-likeness (QED) is 0.923. The lowest BCUT2D eigenvalue weighted by atomic mass is 10.2. The van der Waals surface area contributed by atoms with Gasteiger partial charge < -0.3 is 10.1 Å². The van der Waals surface area contributed by atoms with Gasteiger partial charge in [0, 0.05) is 12.4 Å². The van der Waals surface area contributed by atoms with E-state index >= 15 is 0 Å². The first-order chi connectivity index (χ1) is 10.4. The number of rotatable bonds is 5. The van der Waals surface area contributed by atoms with Crippen molar-refractivity contribution in [3.63, 3.8) is 0 Å². The van der Waals surface area contributed by atoms with E-state index in [9.17, 15) is 18.0 Å². The van der Waals surface area contributed by atoms with Gasteiger partial charge in [-0.2, -0.15) is 18.3 Å². The molecule has 0 aliphatic carbocycles. The molecular formula is C14H14F3N3O2. The van der Waals surface area contributed by atoms with E-state index in [0.717, 1.165) is 0 Å². The third-order valence-electron chi connectivity index (χ3n) is 2.84. The summed E-state index contributed by atoms with van der Waals surface area (Å²) in [6.45, 7) is 0.204. The number of hydrogen-bond donors (Lipinski definition) is 1. The van der Waals surface area contributed by atoms with Gasteiger partial charge in [0.1, 0.15) is 11.8 Å². The molecule has 118 valence electrons. The third-order valence-corrected chi connectivity index (χ3v) is 2.84. The number of halogens is 3. The van der Waals surface area contributed by atoms with E-state index in [0.29, 0.717) is 0 Å². The Bertz CT molecular complexity index is 627. The van der Waals surface area contributed by atoms with Crippen LogP contribution < -0.4 is 10.1 Å². The average molecular weight is 313 g/mol. The molecular weight excluding hydrogens is 299 g/mol. The van der Waals surface area contributed by atoms with E-state index in [1.54, 1.807) is 25.3 Å². The summed E-state index contributed by atoms with van der Waals surface area (Å²) in [5, 5.41) is 6.49. The molecule has 0 radical (unpaired) electrons. The molecule has 0 fully saturated rings. The van der Waals surface area contributed by atoms with Crippen LogP contribution in [0.3, 0.4) is 0 Å². The highest BCUT2D eigenvalue weighted by atomic mass is 19.4. The van der Waals surface area contributed by atoms with Crippen LogP contribution >= 0.6 is 0 Å². The van der Waals surface area contributed by atoms with Crippen LogP contribution in [-0.4, -0.2) is 28.5 Å². The smallest absolute Gasteiger partial charge is 0.422 e. The number of amides is 1. The second-order valence-electron chi connectivity index (χ2n) is 4.55. The number of alkyl halides is 3. The molecule has 1 unspecified atom stereocenters. The van der Waals surface area contributed by atoms with Gasteiger partial charge in [0.2, 0.25) is 5.91 Å². The van der Waals surface area contributed by atoms with E-state index in [1.807, 2.05) is 0 Å². The number of aromatic nitrogens is 2. The zero-order valence-electron chi connectivity index (χ0n) is 11.7. The van der Waals surface area contributed by atoms with Gasteiger partial charge in [0.15, 0.2) is 6.61 Å². The lowest BCUT2D eigenvalue weighted by molar-refractivity contribution is -0.153. The lowest BCUT2D eigenvalue weighted by Crippen LogP contribution is -2.25. The summed E-state index contributed by atoms with van der Waals surface area (Å²) < 4.78 is 42.8. The zero-order valence-corrected chi connectivity index (χ0v) is 11.7. The van der Waals surface area contributed by atoms with Crippen LogP contribution in [0.1, 0.15) is 13.0 Å². The highest BCUT2D eigenvalue weighted by molar-refractivity contribution is 5.94. The molecule has 2 rings (SSSR count). The van der Waals surface area contributed by atoms with Crippen LogP contribution in [0.2, 0.25) is 0 Å². The average Bonchev–Trinajstić information content (AvgIpc) is 2.98. The van der Waals surface area contributed by atoms with Gasteiger partial charge in [-0.25, -0.2) is 0 Å². The number of carbonyl (C=O) groups excluding carboxylic acids is 1. The minimum atomic E-state index is -4.44. The standard InChI is InChI=1S/C14H14F3N3O2/c1-10(20-8-4-7-18-20)13(21)19-11-5-2-3-6-12(11)22-9-14(15,16)17/h2-8,10H,9H2,1H3,(H,19,21). The first-order valence-corrected chi connectivity index (χ1v) is 6.45. The fourth-order valence-electron chi connectivity index (χ4n) is 1.72. The molecule has 1 N–H and O–H groups in total. The molecule has 1 aromatic carbocycles. The largest absolute Gasteiger partial charge is 0.482 e. The van der Waals surface area contributed by atoms with Gasteiger partial charge in [0.05, 0.1) is 5.69 Å². The highest BCUT2D eigenvalue weighted by Gasteiger charge is 2.29. The Morgan fingerprint density at radius 3 is 2.73 bits per heavy atom. The molecule has 1 aromatic heterocycles. The molecule has 1 atom stereocenters. The molecule has 0 aliphatic rings. The van der Waals surface area contributed by atoms with E-state index in [2.05, 4.69) is 10.4 Å². The molecule has 0 spiro atoms. The van der Waals surface area contributed by atoms with Crippen molar-refractivity contribution < 1.29 is 22.7 Å². The summed E-state index contributed by atoms with van der Waals surface area (Å²) in [4.78, 5) is 12.1. The Morgan fingerprint density at radius 1 is 1.36 bits per heavy atom. The zero-order chi connectivity index (χ0) is 16.2. The fourth-order valence-corrected chi connectivity index (χ4v) is 1.72. The maximum absolute atomic E-state index is 12.2. The van der Waals surface area contributed by atoms with E-state index in [4.69, 9.17) is 4.74 Å². The SMILES string of the molecule is CC(C(=O)Nc1ccccc1OCC(F)(F)F)n1cccn1. The summed E-state index contributed by atoms with van der Waals surface area (Å²) >= 11 is 0. The number of anilines is 1. The molecule has 0 saturated carbocycles. The third kappa shape index (κ3) is 4.24. The maximum Gasteiger partial charge on any atom is 0.422 e. The Balaban J connectivity index is 2.07. The van der Waals surface area contributed by atoms with Gasteiger partial charge in [-0.1, -0.05) is 12.1 Å². The normalized spacial score (nSPS) is 12.7. The number of nitrogens with one attached hydrogen (secondary N) is 1. The minimum Gasteiger partial charge on any atom is -0.482 e. The summed E-state index contributed by atoms with van der Waals surface area (Å²) in [5.74, 6) is -0.451. The van der Waals surface area contributed by atoms with Gasteiger partial charge in [-0.3, -0.25) is 9.48 Å². The van der Waals surface area contributed by atoms with E-state index < -0.39 is 24.7 Å². The predicted octanol–water partition coefficient (Wildman–Crippen LogP) is 3.02. The van der Waals surface area contributed by atoms with Crippen molar-refractivity contribution in [2.45, 2.75) is 19.1 Å². The van der Waals surface area contributed by atoms with Gasteiger partial charge >= 0.3 is 6.18 Å². The Labute approximate surface area is 124 Å². The van der Waals surface area contributed by atoms with Crippen molar-refractivity contribution >= 4 is 11.6 Å². The van der Waals surface area contributed by atoms with Gasteiger partial charge in [-0.15, -0.1) is 0 Å². The number of nitrogens with zero attached hydrogens (tertiary/aromatic N) is 2. The summed E-state index contributed by atoms with van der Waals surface area (Å²) in [6.07, 6.45) is -1.29. The van der Waals surface area contributed by atoms with Gasteiger partial charge in [0.25, 0.3) is 0 Å². The number of ether oxygens (including phenoxy) is 1. The Morgan fingerprint density at radius 2 is 2.09 bits per heavy atom. The number of carbonyl (C=O) groups is 1. The van der Waals surface area contributed by atoms with Crippen LogP contribution in [0.5, 0.6) is 5.75 Å². The Hall–Kier alpha value is -2.51. The van der Waals surface area contributed by atoms with Crippen LogP contribution in [0.25, 0.3) is 0 Å². The molecule has 5 nitrogen and oxygen atoms in total. The van der Waals surface area contributed by atoms with Crippen molar-refractivity contribution in [3.8, 4) is 5.75 Å². The van der Waals surface area contributed by atoms with Crippen LogP contribution in [0.4, 0.5) is 18.9 Å². The monoisotopic (exact) mass is 313 g/mol. The van der Waals surface area contributed by atoms with E-state index in [1.165, 1.54) is 29.1 Å². The van der Waals surface area contributed by atoms with Crippen molar-refractivity contribution in [3.05, 3.63) is 42.7 Å². The first-order valence-electron chi connectivity index (χ1n) is 6.45. The lowest BCUT2D eigenvalue weighted by Gasteiger charge is -2.16. The van der Waals surface area contributed by atoms with Crippen LogP contribution in [0.15, 0.2) is 42.7 Å². The summed E-state index contributed by atoms with van der Waals surface area (Å²) in [6, 6.07) is 7.02. The number of hydrogen-bond acceptors (Lipinski definition) is 3. The number of benzene rings is 1. The molecule has 22 heavy (non-hydrogen) atoms. The van der Waals surface area contributed by atoms with Crippen molar-refractivity contribution in [1.29, 1.82) is 0 Å². The summed E-state index contributed by atoms with van der Waals surface area (Å²) in [7, 11) is 0. The summed E-state index contributed by atoms with van der Waals surface area (Å²) in [5.41, 5.74) is 0.177. The molecule has 0 bridgehead atoms. The second kappa shape index (κ2) is 6.50. The maximum atomic E-state index is 12.2. The number of para-hydroxylation sites is 2. The Kier molecular flexibility index (Phi) is 4.69. The predicted molar refractivity (Wildman–Crippen MR) is 73.6 cm³/mol. The minimum absolute atomic E-state index is 0.0409. The van der Waals surface area contributed by atoms with Crippen molar-refractivity contribution in [1.82, 2.24) is 9.78 Å². The van der Waals surface area contributed by atoms with Crippen molar-refractivity contribution in [2.24, 2.45) is 0 Å². The molecule has 8 heteroatoms. The first kappa shape index (κ1) is 15.9. The molecule has 0 saturated heterocycles. The second-order valence-corrected chi connectivity index (χ2v) is 4.55. The van der Waals surface area contributed by atoms with Crippen molar-refractivity contribution in [2.75, 3.05) is 11.9 Å². The molecule has 2 aromatic rings. The molecule has 1 heterocycles. The van der Waals surface area contributed by atoms with E-state index in [-0.39, 0.29) is 11.4 Å². The fraction of sp³-hybridized carbons (Fsp3) is 0.286. The highest BCUT2D eigenvalue weighted by Crippen LogP contribution is 2.27.